The minimum Gasteiger partial charge on any atom is -0.462 e. The van der Waals surface area contributed by atoms with Crippen molar-refractivity contribution in [2.24, 2.45) is 0 Å². The van der Waals surface area contributed by atoms with Gasteiger partial charge in [0.05, 0.1) is 25.7 Å². The summed E-state index contributed by atoms with van der Waals surface area (Å²) in [5.41, 5.74) is 5.36. The van der Waals surface area contributed by atoms with Crippen molar-refractivity contribution in [2.45, 2.75) is 51.4 Å². The number of Topliss-reactive ketones (excluding diaryl/α,β-unsaturated/α-hetero) is 2. The van der Waals surface area contributed by atoms with Gasteiger partial charge in [-0.25, -0.2) is 9.59 Å². The fourth-order valence-electron chi connectivity index (χ4n) is 7.64. The van der Waals surface area contributed by atoms with Crippen LogP contribution in [0.5, 0.6) is 11.5 Å². The molecule has 0 fully saturated rings. The van der Waals surface area contributed by atoms with E-state index in [2.05, 4.69) is 13.2 Å². The number of ether oxygens (including phenoxy) is 6. The number of fused-ring (bicyclic) bond motifs is 2. The van der Waals surface area contributed by atoms with Crippen LogP contribution in [-0.2, 0) is 47.7 Å². The Bertz CT molecular complexity index is 2580. The molecule has 0 heterocycles. The molecule has 0 amide bonds. The Hall–Kier alpha value is -8.26. The molecule has 0 aromatic heterocycles. The monoisotopic (exact) mass is 920 g/mol. The maximum atomic E-state index is 14.5. The molecule has 6 rings (SSSR count). The zero-order valence-electron chi connectivity index (χ0n) is 37.5. The van der Waals surface area contributed by atoms with Crippen LogP contribution in [-0.4, -0.2) is 73.8 Å². The summed E-state index contributed by atoms with van der Waals surface area (Å²) in [5.74, 6) is -5.41. The molecule has 14 heteroatoms. The van der Waals surface area contributed by atoms with E-state index in [4.69, 9.17) is 28.4 Å². The maximum Gasteiger partial charge on any atom is 0.330 e. The van der Waals surface area contributed by atoms with Crippen LogP contribution >= 0.6 is 0 Å². The molecular weight excluding hydrogens is 873 g/mol. The average Bonchev–Trinajstić information content (AvgIpc) is 3.35. The van der Waals surface area contributed by atoms with E-state index in [1.54, 1.807) is 72.8 Å². The molecule has 68 heavy (non-hydrogen) atoms. The third kappa shape index (κ3) is 12.1. The SMILES string of the molecule is C=CC(=O)OCCOC(=O)CCC(=O)Oc1ccccc1C(C)C1=C/C(=C2/C=C(C(C)c3ccccc3OC(=O)CCC(=O)OCCOC(=O)C=C)C(=O)c3ccccc32)c2ccccc2C1=O. The largest absolute Gasteiger partial charge is 0.462 e. The van der Waals surface area contributed by atoms with E-state index in [1.807, 2.05) is 50.3 Å². The molecule has 0 radical (unpaired) electrons. The van der Waals surface area contributed by atoms with Crippen molar-refractivity contribution in [2.75, 3.05) is 26.4 Å². The highest BCUT2D eigenvalue weighted by molar-refractivity contribution is 6.24. The molecular formula is C54H48O14. The van der Waals surface area contributed by atoms with Crippen LogP contribution in [0.1, 0.15) is 94.3 Å². The van der Waals surface area contributed by atoms with Crippen molar-refractivity contribution < 1.29 is 66.8 Å². The van der Waals surface area contributed by atoms with E-state index < -0.39 is 47.7 Å². The highest BCUT2D eigenvalue weighted by Crippen LogP contribution is 2.46. The molecule has 4 aromatic rings. The van der Waals surface area contributed by atoms with Gasteiger partial charge in [-0.2, -0.15) is 0 Å². The lowest BCUT2D eigenvalue weighted by Gasteiger charge is -2.28. The van der Waals surface area contributed by atoms with Crippen LogP contribution in [0.2, 0.25) is 0 Å². The van der Waals surface area contributed by atoms with Gasteiger partial charge in [0.15, 0.2) is 11.6 Å². The van der Waals surface area contributed by atoms with Crippen molar-refractivity contribution in [1.29, 1.82) is 0 Å². The van der Waals surface area contributed by atoms with Gasteiger partial charge in [0.1, 0.15) is 37.9 Å². The Morgan fingerprint density at radius 1 is 0.456 bits per heavy atom. The van der Waals surface area contributed by atoms with E-state index in [1.165, 1.54) is 0 Å². The first-order valence-corrected chi connectivity index (χ1v) is 21.8. The van der Waals surface area contributed by atoms with Crippen LogP contribution in [0.15, 0.2) is 146 Å². The Kier molecular flexibility index (Phi) is 16.8. The lowest BCUT2D eigenvalue weighted by molar-refractivity contribution is -0.151. The van der Waals surface area contributed by atoms with Crippen LogP contribution in [0.25, 0.3) is 11.1 Å². The lowest BCUT2D eigenvalue weighted by atomic mass is 9.74. The van der Waals surface area contributed by atoms with E-state index >= 15 is 0 Å². The van der Waals surface area contributed by atoms with Crippen molar-refractivity contribution in [3.63, 3.8) is 0 Å². The molecule has 14 nitrogen and oxygen atoms in total. The first-order valence-electron chi connectivity index (χ1n) is 21.8. The van der Waals surface area contributed by atoms with Gasteiger partial charge in [0.25, 0.3) is 0 Å². The Morgan fingerprint density at radius 2 is 0.779 bits per heavy atom. The number of benzene rings is 4. The summed E-state index contributed by atoms with van der Waals surface area (Å²) in [6, 6.07) is 28.0. The molecule has 0 bridgehead atoms. The van der Waals surface area contributed by atoms with Crippen molar-refractivity contribution in [3.05, 3.63) is 179 Å². The second-order valence-corrected chi connectivity index (χ2v) is 15.4. The highest BCUT2D eigenvalue weighted by Gasteiger charge is 2.34. The summed E-state index contributed by atoms with van der Waals surface area (Å²) in [5, 5.41) is 0. The summed E-state index contributed by atoms with van der Waals surface area (Å²) in [7, 11) is 0. The summed E-state index contributed by atoms with van der Waals surface area (Å²) in [6.07, 6.45) is 4.43. The number of allylic oxidation sites excluding steroid dienone is 6. The summed E-state index contributed by atoms with van der Waals surface area (Å²) < 4.78 is 31.2. The molecule has 348 valence electrons. The number of hydrogen-bond donors (Lipinski definition) is 0. The van der Waals surface area contributed by atoms with Gasteiger partial charge in [-0.05, 0) is 46.6 Å². The van der Waals surface area contributed by atoms with E-state index in [-0.39, 0.29) is 75.2 Å². The molecule has 2 aliphatic carbocycles. The van der Waals surface area contributed by atoms with Crippen LogP contribution in [0.4, 0.5) is 0 Å². The van der Waals surface area contributed by atoms with Crippen LogP contribution in [0.3, 0.4) is 0 Å². The number of esters is 6. The minimum absolute atomic E-state index is 0.162. The number of rotatable bonds is 20. The van der Waals surface area contributed by atoms with Gasteiger partial charge in [0.2, 0.25) is 0 Å². The van der Waals surface area contributed by atoms with Gasteiger partial charge >= 0.3 is 35.8 Å². The zero-order valence-corrected chi connectivity index (χ0v) is 37.5. The zero-order chi connectivity index (χ0) is 48.7. The van der Waals surface area contributed by atoms with Gasteiger partial charge in [0, 0.05) is 57.4 Å². The van der Waals surface area contributed by atoms with Crippen molar-refractivity contribution in [1.82, 2.24) is 0 Å². The first-order chi connectivity index (χ1) is 32.8. The molecule has 0 saturated carbocycles. The number of ketones is 2. The van der Waals surface area contributed by atoms with Gasteiger partial charge < -0.3 is 28.4 Å². The molecule has 0 N–H and O–H groups in total. The topological polar surface area (TPSA) is 192 Å². The molecule has 4 aromatic carbocycles. The molecule has 2 aliphatic rings. The second-order valence-electron chi connectivity index (χ2n) is 15.4. The minimum atomic E-state index is -0.703. The van der Waals surface area contributed by atoms with Crippen molar-refractivity contribution >= 4 is 58.5 Å². The Morgan fingerprint density at radius 3 is 1.16 bits per heavy atom. The quantitative estimate of drug-likeness (QED) is 0.0270. The van der Waals surface area contributed by atoms with E-state index in [0.29, 0.717) is 55.7 Å². The fourth-order valence-corrected chi connectivity index (χ4v) is 7.64. The van der Waals surface area contributed by atoms with Crippen LogP contribution < -0.4 is 9.47 Å². The van der Waals surface area contributed by atoms with Gasteiger partial charge in [-0.15, -0.1) is 0 Å². The normalized spacial score (nSPS) is 14.6. The number of carbonyl (C=O) groups excluding carboxylic acids is 8. The number of para-hydroxylation sites is 2. The highest BCUT2D eigenvalue weighted by atomic mass is 16.6. The molecule has 0 aliphatic heterocycles. The summed E-state index contributed by atoms with van der Waals surface area (Å²) in [4.78, 5) is 102. The smallest absolute Gasteiger partial charge is 0.330 e. The van der Waals surface area contributed by atoms with E-state index in [0.717, 1.165) is 12.2 Å². The summed E-state index contributed by atoms with van der Waals surface area (Å²) in [6.45, 7) is 9.54. The molecule has 2 unspecified atom stereocenters. The maximum absolute atomic E-state index is 14.5. The lowest BCUT2D eigenvalue weighted by Crippen LogP contribution is -2.20. The first kappa shape index (κ1) is 49.2. The Balaban J connectivity index is 1.28. The van der Waals surface area contributed by atoms with Gasteiger partial charge in [-0.1, -0.05) is 112 Å². The second kappa shape index (κ2) is 23.3. The van der Waals surface area contributed by atoms with Crippen LogP contribution in [0, 0.1) is 0 Å². The fraction of sp³-hybridized carbons (Fsp3) is 0.222. The molecule has 0 saturated heterocycles. The van der Waals surface area contributed by atoms with Gasteiger partial charge in [-0.3, -0.25) is 28.8 Å². The Labute approximate surface area is 392 Å². The third-order valence-electron chi connectivity index (χ3n) is 11.1. The molecule has 2 atom stereocenters. The number of hydrogen-bond acceptors (Lipinski definition) is 14. The molecule has 0 spiro atoms. The predicted octanol–water partition coefficient (Wildman–Crippen LogP) is 8.37. The third-order valence-corrected chi connectivity index (χ3v) is 11.1. The standard InChI is InChI=1S/C54H48O14/c1-5-47(55)63-27-29-65-49(57)23-25-51(59)67-45-21-13-11-15-35(45)33(3)41-31-43(37-17-7-9-19-39(37)53(41)61)44-32-42(54(62)40-20-10-8-18-38(40)44)34(4)36-16-12-14-22-46(36)68-52(60)26-24-50(58)66-30-28-64-48(56)6-2/h5-22,31-34H,1-2,23-30H2,3-4H3/b44-43+. The average molecular weight is 921 g/mol. The van der Waals surface area contributed by atoms with E-state index in [9.17, 15) is 38.4 Å². The van der Waals surface area contributed by atoms with Crippen molar-refractivity contribution in [3.8, 4) is 11.5 Å². The predicted molar refractivity (Wildman–Crippen MR) is 248 cm³/mol. The summed E-state index contributed by atoms with van der Waals surface area (Å²) >= 11 is 0. The number of carbonyl (C=O) groups is 8.